The maximum Gasteiger partial charge on any atom is 0.255 e. The summed E-state index contributed by atoms with van der Waals surface area (Å²) in [5, 5.41) is 9.65. The highest BCUT2D eigenvalue weighted by Crippen LogP contribution is 2.36. The van der Waals surface area contributed by atoms with Gasteiger partial charge in [0.05, 0.1) is 12.4 Å². The lowest BCUT2D eigenvalue weighted by Gasteiger charge is -2.21. The van der Waals surface area contributed by atoms with Crippen LogP contribution in [0.3, 0.4) is 0 Å². The molecule has 1 amide bonds. The molecule has 2 heterocycles. The molecule has 1 aliphatic heterocycles. The van der Waals surface area contributed by atoms with Gasteiger partial charge >= 0.3 is 0 Å². The molecule has 0 saturated heterocycles. The molecule has 2 aromatic rings. The Morgan fingerprint density at radius 1 is 1.24 bits per heavy atom. The van der Waals surface area contributed by atoms with Crippen molar-refractivity contribution >= 4 is 5.91 Å². The Bertz CT molecular complexity index is 796. The van der Waals surface area contributed by atoms with Crippen LogP contribution in [0.4, 0.5) is 0 Å². The Labute approximate surface area is 148 Å². The van der Waals surface area contributed by atoms with Gasteiger partial charge in [-0.3, -0.25) is 4.79 Å². The number of fused-ring (bicyclic) bond motifs is 1. The normalized spacial score (nSPS) is 16.8. The number of carbonyl (C=O) groups excluding carboxylic acids is 1. The maximum absolute atomic E-state index is 12.7. The molecular formula is C20H24N4O. The Morgan fingerprint density at radius 2 is 2.00 bits per heavy atom. The molecule has 0 N–H and O–H groups in total. The lowest BCUT2D eigenvalue weighted by molar-refractivity contribution is 0.0754. The zero-order valence-corrected chi connectivity index (χ0v) is 15.1. The smallest absolute Gasteiger partial charge is 0.255 e. The minimum Gasteiger partial charge on any atom is -0.337 e. The Kier molecular flexibility index (Phi) is 4.63. The fourth-order valence-electron chi connectivity index (χ4n) is 3.26. The third-order valence-electron chi connectivity index (χ3n) is 4.76. The van der Waals surface area contributed by atoms with Crippen LogP contribution in [0, 0.1) is 11.3 Å². The van der Waals surface area contributed by atoms with E-state index in [1.807, 2.05) is 29.0 Å². The predicted molar refractivity (Wildman–Crippen MR) is 96.0 cm³/mol. The second-order valence-electron chi connectivity index (χ2n) is 7.59. The molecule has 1 unspecified atom stereocenters. The van der Waals surface area contributed by atoms with Gasteiger partial charge in [0, 0.05) is 36.6 Å². The number of benzene rings is 1. The molecule has 0 saturated carbocycles. The summed E-state index contributed by atoms with van der Waals surface area (Å²) in [7, 11) is 0. The van der Waals surface area contributed by atoms with E-state index in [0.717, 1.165) is 30.5 Å². The van der Waals surface area contributed by atoms with Crippen molar-refractivity contribution in [2.24, 2.45) is 0 Å². The summed E-state index contributed by atoms with van der Waals surface area (Å²) in [6, 6.07) is 7.77. The van der Waals surface area contributed by atoms with Gasteiger partial charge in [-0.05, 0) is 29.9 Å². The summed E-state index contributed by atoms with van der Waals surface area (Å²) in [6.07, 6.45) is 7.30. The van der Waals surface area contributed by atoms with Gasteiger partial charge in [0.2, 0.25) is 0 Å². The quantitative estimate of drug-likeness (QED) is 0.783. The Morgan fingerprint density at radius 3 is 2.64 bits per heavy atom. The minimum atomic E-state index is -0.474. The van der Waals surface area contributed by atoms with Gasteiger partial charge in [-0.1, -0.05) is 32.9 Å². The Balaban J connectivity index is 1.71. The number of nitrogens with zero attached hydrogens (tertiary/aromatic N) is 4. The molecule has 0 radical (unpaired) electrons. The molecule has 0 bridgehead atoms. The topological polar surface area (TPSA) is 61.9 Å². The molecule has 0 aliphatic carbocycles. The van der Waals surface area contributed by atoms with E-state index in [1.165, 1.54) is 0 Å². The third kappa shape index (κ3) is 3.43. The molecule has 1 aliphatic rings. The van der Waals surface area contributed by atoms with Crippen LogP contribution in [-0.2, 0) is 12.0 Å². The molecule has 1 aromatic carbocycles. The number of rotatable bonds is 5. The van der Waals surface area contributed by atoms with E-state index < -0.39 is 6.04 Å². The summed E-state index contributed by atoms with van der Waals surface area (Å²) in [6.45, 7) is 7.90. The lowest BCUT2D eigenvalue weighted by atomic mass is 9.85. The van der Waals surface area contributed by atoms with Crippen LogP contribution >= 0.6 is 0 Å². The summed E-state index contributed by atoms with van der Waals surface area (Å²) < 4.78 is 2.03. The zero-order chi connectivity index (χ0) is 18.0. The van der Waals surface area contributed by atoms with Gasteiger partial charge in [-0.2, -0.15) is 5.26 Å². The average Bonchev–Trinajstić information content (AvgIpc) is 3.17. The second-order valence-corrected chi connectivity index (χ2v) is 7.59. The highest BCUT2D eigenvalue weighted by molar-refractivity contribution is 5.99. The van der Waals surface area contributed by atoms with E-state index in [0.29, 0.717) is 12.1 Å². The van der Waals surface area contributed by atoms with Crippen LogP contribution in [0.25, 0.3) is 0 Å². The molecular weight excluding hydrogens is 312 g/mol. The number of carbonyl (C=O) groups is 1. The predicted octanol–water partition coefficient (Wildman–Crippen LogP) is 3.68. The number of hydrogen-bond acceptors (Lipinski definition) is 3. The van der Waals surface area contributed by atoms with E-state index in [9.17, 15) is 10.1 Å². The van der Waals surface area contributed by atoms with Crippen molar-refractivity contribution in [2.45, 2.75) is 51.6 Å². The van der Waals surface area contributed by atoms with Crippen LogP contribution in [-0.4, -0.2) is 26.9 Å². The van der Waals surface area contributed by atoms with E-state index in [-0.39, 0.29) is 11.3 Å². The minimum absolute atomic E-state index is 0.00367. The van der Waals surface area contributed by atoms with Crippen molar-refractivity contribution in [3.05, 3.63) is 53.6 Å². The van der Waals surface area contributed by atoms with Crippen molar-refractivity contribution in [3.8, 4) is 6.07 Å². The van der Waals surface area contributed by atoms with E-state index in [2.05, 4.69) is 31.8 Å². The lowest BCUT2D eigenvalue weighted by Crippen LogP contribution is -2.28. The van der Waals surface area contributed by atoms with Gasteiger partial charge in [-0.15, -0.1) is 0 Å². The molecule has 0 spiro atoms. The largest absolute Gasteiger partial charge is 0.337 e. The van der Waals surface area contributed by atoms with Crippen LogP contribution in [0.15, 0.2) is 36.9 Å². The number of amides is 1. The molecule has 130 valence electrons. The number of aryl methyl sites for hydroxylation is 1. The number of nitriles is 1. The summed E-state index contributed by atoms with van der Waals surface area (Å²) >= 11 is 0. The van der Waals surface area contributed by atoms with Gasteiger partial charge in [0.15, 0.2) is 0 Å². The molecule has 3 rings (SSSR count). The van der Waals surface area contributed by atoms with Crippen LogP contribution < -0.4 is 0 Å². The van der Waals surface area contributed by atoms with Gasteiger partial charge in [-0.25, -0.2) is 4.98 Å². The maximum atomic E-state index is 12.7. The summed E-state index contributed by atoms with van der Waals surface area (Å²) in [4.78, 5) is 18.4. The van der Waals surface area contributed by atoms with Crippen molar-refractivity contribution < 1.29 is 4.79 Å². The Hall–Kier alpha value is -2.61. The third-order valence-corrected chi connectivity index (χ3v) is 4.76. The summed E-state index contributed by atoms with van der Waals surface area (Å²) in [5.41, 5.74) is 2.68. The number of hydrogen-bond donors (Lipinski definition) is 0. The zero-order valence-electron chi connectivity index (χ0n) is 15.1. The molecule has 1 atom stereocenters. The monoisotopic (exact) mass is 336 g/mol. The summed E-state index contributed by atoms with van der Waals surface area (Å²) in [5.74, 6) is -0.0235. The highest BCUT2D eigenvalue weighted by atomic mass is 16.2. The van der Waals surface area contributed by atoms with Gasteiger partial charge < -0.3 is 9.47 Å². The first-order valence-electron chi connectivity index (χ1n) is 8.72. The second kappa shape index (κ2) is 6.72. The van der Waals surface area contributed by atoms with Crippen molar-refractivity contribution in [2.75, 3.05) is 6.54 Å². The van der Waals surface area contributed by atoms with Crippen LogP contribution in [0.5, 0.6) is 0 Å². The fraction of sp³-hybridized carbons (Fsp3) is 0.450. The molecule has 5 nitrogen and oxygen atoms in total. The highest BCUT2D eigenvalue weighted by Gasteiger charge is 2.37. The number of aromatic nitrogens is 2. The van der Waals surface area contributed by atoms with Gasteiger partial charge in [0.25, 0.3) is 5.91 Å². The van der Waals surface area contributed by atoms with Crippen molar-refractivity contribution in [1.29, 1.82) is 5.26 Å². The fourth-order valence-corrected chi connectivity index (χ4v) is 3.26. The first-order chi connectivity index (χ1) is 11.9. The van der Waals surface area contributed by atoms with Gasteiger partial charge in [0.1, 0.15) is 6.04 Å². The average molecular weight is 336 g/mol. The molecule has 0 fully saturated rings. The SMILES string of the molecule is CC(C)(C)c1ccc2c(c1)C(C#N)N(CCCCn1ccnc1)C2=O. The molecule has 1 aromatic heterocycles. The van der Waals surface area contributed by atoms with Crippen LogP contribution in [0.1, 0.15) is 61.1 Å². The molecule has 25 heavy (non-hydrogen) atoms. The standard InChI is InChI=1S/C20H24N4O/c1-20(2,3)15-6-7-16-17(12-15)18(13-21)24(19(16)25)10-5-4-9-23-11-8-22-14-23/h6-8,11-12,14,18H,4-5,9-10H2,1-3H3. The van der Waals surface area contributed by atoms with Crippen molar-refractivity contribution in [1.82, 2.24) is 14.5 Å². The number of imidazole rings is 1. The van der Waals surface area contributed by atoms with Crippen molar-refractivity contribution in [3.63, 3.8) is 0 Å². The van der Waals surface area contributed by atoms with E-state index >= 15 is 0 Å². The number of unbranched alkanes of at least 4 members (excludes halogenated alkanes) is 1. The molecule has 5 heteroatoms. The first kappa shape index (κ1) is 17.2. The van der Waals surface area contributed by atoms with E-state index in [4.69, 9.17) is 0 Å². The first-order valence-corrected chi connectivity index (χ1v) is 8.72. The van der Waals surface area contributed by atoms with E-state index in [1.54, 1.807) is 17.4 Å². The van der Waals surface area contributed by atoms with Crippen LogP contribution in [0.2, 0.25) is 0 Å².